The molecule has 0 saturated carbocycles. The Morgan fingerprint density at radius 1 is 1.03 bits per heavy atom. The zero-order valence-corrected chi connectivity index (χ0v) is 20.7. The van der Waals surface area contributed by atoms with Crippen LogP contribution in [-0.4, -0.2) is 22.0 Å². The van der Waals surface area contributed by atoms with E-state index in [1.54, 1.807) is 6.07 Å². The van der Waals surface area contributed by atoms with Gasteiger partial charge < -0.3 is 9.47 Å². The van der Waals surface area contributed by atoms with Gasteiger partial charge in [-0.05, 0) is 60.4 Å². The average Bonchev–Trinajstić information content (AvgIpc) is 3.40. The molecular weight excluding hydrogens is 465 g/mol. The number of carbonyl (C=O) groups is 1. The van der Waals surface area contributed by atoms with Crippen molar-refractivity contribution in [3.8, 4) is 0 Å². The van der Waals surface area contributed by atoms with Crippen molar-refractivity contribution in [3.63, 3.8) is 0 Å². The maximum Gasteiger partial charge on any atom is 0.227 e. The van der Waals surface area contributed by atoms with Gasteiger partial charge in [0.15, 0.2) is 0 Å². The third-order valence-corrected chi connectivity index (χ3v) is 7.17. The molecule has 0 spiro atoms. The Labute approximate surface area is 210 Å². The van der Waals surface area contributed by atoms with E-state index in [9.17, 15) is 4.79 Å². The van der Waals surface area contributed by atoms with Crippen molar-refractivity contribution in [2.75, 3.05) is 11.4 Å². The van der Waals surface area contributed by atoms with Crippen LogP contribution in [0.3, 0.4) is 0 Å². The van der Waals surface area contributed by atoms with Crippen LogP contribution in [0.5, 0.6) is 0 Å². The molecule has 2 heterocycles. The van der Waals surface area contributed by atoms with Crippen molar-refractivity contribution in [3.05, 3.63) is 93.7 Å². The van der Waals surface area contributed by atoms with Crippen molar-refractivity contribution in [2.45, 2.75) is 45.1 Å². The van der Waals surface area contributed by atoms with Gasteiger partial charge in [-0.3, -0.25) is 4.79 Å². The fourth-order valence-electron chi connectivity index (χ4n) is 4.75. The van der Waals surface area contributed by atoms with Crippen molar-refractivity contribution < 1.29 is 4.79 Å². The quantitative estimate of drug-likeness (QED) is 0.272. The molecule has 1 saturated heterocycles. The van der Waals surface area contributed by atoms with Crippen LogP contribution in [-0.2, 0) is 17.8 Å². The second kappa shape index (κ2) is 9.81. The molecule has 5 rings (SSSR count). The number of hydrogen-bond acceptors (Lipinski definition) is 2. The lowest BCUT2D eigenvalue weighted by molar-refractivity contribution is -0.117. The van der Waals surface area contributed by atoms with Gasteiger partial charge in [0.1, 0.15) is 5.82 Å². The molecule has 1 amide bonds. The predicted octanol–water partition coefficient (Wildman–Crippen LogP) is 7.25. The van der Waals surface area contributed by atoms with Crippen LogP contribution in [0.15, 0.2) is 66.7 Å². The molecular formula is C28H27Cl2N3O. The van der Waals surface area contributed by atoms with Gasteiger partial charge in [0.2, 0.25) is 5.91 Å². The van der Waals surface area contributed by atoms with E-state index in [-0.39, 0.29) is 11.8 Å². The van der Waals surface area contributed by atoms with Crippen LogP contribution in [0.25, 0.3) is 11.0 Å². The number of aromatic nitrogens is 2. The first-order valence-corrected chi connectivity index (χ1v) is 12.6. The third kappa shape index (κ3) is 4.57. The van der Waals surface area contributed by atoms with Crippen LogP contribution < -0.4 is 4.90 Å². The highest BCUT2D eigenvalue weighted by molar-refractivity contribution is 6.35. The maximum absolute atomic E-state index is 13.0. The molecule has 1 aliphatic heterocycles. The van der Waals surface area contributed by atoms with Gasteiger partial charge in [-0.15, -0.1) is 0 Å². The Morgan fingerprint density at radius 2 is 1.82 bits per heavy atom. The molecule has 4 aromatic rings. The van der Waals surface area contributed by atoms with E-state index >= 15 is 0 Å². The highest BCUT2D eigenvalue weighted by Crippen LogP contribution is 2.34. The molecule has 4 nitrogen and oxygen atoms in total. The monoisotopic (exact) mass is 491 g/mol. The summed E-state index contributed by atoms with van der Waals surface area (Å²) in [5.41, 5.74) is 5.20. The van der Waals surface area contributed by atoms with Crippen LogP contribution >= 0.6 is 23.2 Å². The summed E-state index contributed by atoms with van der Waals surface area (Å²) in [6.07, 6.45) is 3.87. The zero-order valence-electron chi connectivity index (χ0n) is 19.2. The van der Waals surface area contributed by atoms with Crippen LogP contribution in [0.2, 0.25) is 10.0 Å². The summed E-state index contributed by atoms with van der Waals surface area (Å²) in [6.45, 7) is 3.39. The molecule has 1 aromatic heterocycles. The maximum atomic E-state index is 13.0. The SMILES string of the molecule is CCCCc1ccc(N2CC(c3nc4ccccc4n3Cc3ccc(Cl)cc3Cl)CC2=O)cc1. The van der Waals surface area contributed by atoms with Gasteiger partial charge in [-0.25, -0.2) is 4.98 Å². The van der Waals surface area contributed by atoms with Crippen LogP contribution in [0.4, 0.5) is 5.69 Å². The van der Waals surface area contributed by atoms with E-state index in [1.807, 2.05) is 35.2 Å². The molecule has 34 heavy (non-hydrogen) atoms. The van der Waals surface area contributed by atoms with E-state index in [1.165, 1.54) is 18.4 Å². The Bertz CT molecular complexity index is 1330. The number of amides is 1. The number of nitrogens with zero attached hydrogens (tertiary/aromatic N) is 3. The van der Waals surface area contributed by atoms with E-state index in [0.29, 0.717) is 29.6 Å². The number of imidazole rings is 1. The van der Waals surface area contributed by atoms with E-state index in [4.69, 9.17) is 28.2 Å². The number of halogens is 2. The number of aryl methyl sites for hydroxylation is 1. The molecule has 1 atom stereocenters. The Kier molecular flexibility index (Phi) is 6.62. The Hall–Kier alpha value is -2.82. The standard InChI is InChI=1S/C28H27Cl2N3O/c1-2-3-6-19-9-13-23(14-10-19)32-18-21(15-27(32)34)28-31-25-7-4-5-8-26(25)33(28)17-20-11-12-22(29)16-24(20)30/h4-5,7-14,16,21H,2-3,6,15,17-18H2,1H3. The molecule has 1 unspecified atom stereocenters. The minimum atomic E-state index is 0.00532. The molecule has 0 radical (unpaired) electrons. The van der Waals surface area contributed by atoms with E-state index in [0.717, 1.165) is 34.5 Å². The summed E-state index contributed by atoms with van der Waals surface area (Å²) in [7, 11) is 0. The number of unbranched alkanes of at least 4 members (excludes halogenated alkanes) is 1. The molecule has 0 aliphatic carbocycles. The predicted molar refractivity (Wildman–Crippen MR) is 140 cm³/mol. The molecule has 174 valence electrons. The van der Waals surface area contributed by atoms with Crippen molar-refractivity contribution >= 4 is 45.8 Å². The summed E-state index contributed by atoms with van der Waals surface area (Å²) >= 11 is 12.6. The third-order valence-electron chi connectivity index (χ3n) is 6.58. The van der Waals surface area contributed by atoms with Gasteiger partial charge in [-0.1, -0.05) is 66.9 Å². The normalized spacial score (nSPS) is 16.0. The molecule has 0 N–H and O–H groups in total. The Morgan fingerprint density at radius 3 is 2.59 bits per heavy atom. The van der Waals surface area contributed by atoms with Crippen LogP contribution in [0.1, 0.15) is 49.1 Å². The van der Waals surface area contributed by atoms with E-state index in [2.05, 4.69) is 41.8 Å². The van der Waals surface area contributed by atoms with Gasteiger partial charge >= 0.3 is 0 Å². The number of carbonyl (C=O) groups excluding carboxylic acids is 1. The molecule has 6 heteroatoms. The summed E-state index contributed by atoms with van der Waals surface area (Å²) in [5.74, 6) is 1.06. The van der Waals surface area contributed by atoms with Gasteiger partial charge in [0.05, 0.1) is 17.6 Å². The van der Waals surface area contributed by atoms with Gasteiger partial charge in [-0.2, -0.15) is 0 Å². The highest BCUT2D eigenvalue weighted by Gasteiger charge is 2.35. The van der Waals surface area contributed by atoms with Gasteiger partial charge in [0, 0.05) is 34.6 Å². The van der Waals surface area contributed by atoms with Gasteiger partial charge in [0.25, 0.3) is 0 Å². The number of benzene rings is 3. The fourth-order valence-corrected chi connectivity index (χ4v) is 5.21. The number of anilines is 1. The van der Waals surface area contributed by atoms with E-state index < -0.39 is 0 Å². The number of fused-ring (bicyclic) bond motifs is 1. The topological polar surface area (TPSA) is 38.1 Å². The highest BCUT2D eigenvalue weighted by atomic mass is 35.5. The van der Waals surface area contributed by atoms with Crippen molar-refractivity contribution in [1.29, 1.82) is 0 Å². The lowest BCUT2D eigenvalue weighted by Gasteiger charge is -2.18. The zero-order chi connectivity index (χ0) is 23.7. The van der Waals surface area contributed by atoms with Crippen molar-refractivity contribution in [1.82, 2.24) is 9.55 Å². The number of hydrogen-bond donors (Lipinski definition) is 0. The first kappa shape index (κ1) is 22.9. The van der Waals surface area contributed by atoms with Crippen LogP contribution in [0, 0.1) is 0 Å². The lowest BCUT2D eigenvalue weighted by Crippen LogP contribution is -2.24. The fraction of sp³-hybridized carbons (Fsp3) is 0.286. The molecule has 3 aromatic carbocycles. The first-order chi connectivity index (χ1) is 16.5. The summed E-state index contributed by atoms with van der Waals surface area (Å²) < 4.78 is 2.19. The van der Waals surface area contributed by atoms with Crippen molar-refractivity contribution in [2.24, 2.45) is 0 Å². The summed E-state index contributed by atoms with van der Waals surface area (Å²) in [4.78, 5) is 19.9. The average molecular weight is 492 g/mol. The summed E-state index contributed by atoms with van der Waals surface area (Å²) in [5, 5.41) is 1.24. The summed E-state index contributed by atoms with van der Waals surface area (Å²) in [6, 6.07) is 22.1. The minimum Gasteiger partial charge on any atom is -0.323 e. The molecule has 1 fully saturated rings. The Balaban J connectivity index is 1.45. The minimum absolute atomic E-state index is 0.00532. The number of rotatable bonds is 7. The second-order valence-corrected chi connectivity index (χ2v) is 9.80. The number of para-hydroxylation sites is 2. The second-order valence-electron chi connectivity index (χ2n) is 8.96. The largest absolute Gasteiger partial charge is 0.323 e. The molecule has 0 bridgehead atoms. The first-order valence-electron chi connectivity index (χ1n) is 11.8. The molecule has 1 aliphatic rings. The smallest absolute Gasteiger partial charge is 0.227 e. The lowest BCUT2D eigenvalue weighted by atomic mass is 10.1.